The van der Waals surface area contributed by atoms with E-state index in [4.69, 9.17) is 4.74 Å². The fraction of sp³-hybridized carbons (Fsp3) is 0.250. The largest absolute Gasteiger partial charge is 0.489 e. The number of aryl methyl sites for hydroxylation is 2. The molecule has 0 radical (unpaired) electrons. The van der Waals surface area contributed by atoms with E-state index >= 15 is 0 Å². The number of nitro benzene ring substituents is 1. The fourth-order valence-electron chi connectivity index (χ4n) is 2.00. The van der Waals surface area contributed by atoms with Crippen molar-refractivity contribution in [2.24, 2.45) is 0 Å². The minimum absolute atomic E-state index is 0.0543. The summed E-state index contributed by atoms with van der Waals surface area (Å²) in [5.41, 5.74) is 3.67. The standard InChI is InChI=1S/C16H18N2O3/c1-11-4-6-14(8-12(11)2)21-10-13-5-7-15(17-3)16(9-13)18(19)20/h4-9,17H,10H2,1-3H3. The first-order valence-electron chi connectivity index (χ1n) is 6.66. The van der Waals surface area contributed by atoms with Gasteiger partial charge >= 0.3 is 0 Å². The summed E-state index contributed by atoms with van der Waals surface area (Å²) in [5.74, 6) is 0.762. The highest BCUT2D eigenvalue weighted by molar-refractivity contribution is 5.62. The molecule has 0 atom stereocenters. The van der Waals surface area contributed by atoms with Crippen LogP contribution in [-0.2, 0) is 6.61 Å². The molecule has 0 saturated heterocycles. The van der Waals surface area contributed by atoms with E-state index < -0.39 is 4.92 Å². The number of nitrogens with one attached hydrogen (secondary N) is 1. The summed E-state index contributed by atoms with van der Waals surface area (Å²) in [6, 6.07) is 10.9. The van der Waals surface area contributed by atoms with E-state index in [2.05, 4.69) is 5.32 Å². The van der Waals surface area contributed by atoms with Crippen molar-refractivity contribution in [2.75, 3.05) is 12.4 Å². The van der Waals surface area contributed by atoms with Crippen molar-refractivity contribution in [3.05, 3.63) is 63.2 Å². The maximum Gasteiger partial charge on any atom is 0.292 e. The molecular weight excluding hydrogens is 268 g/mol. The Hall–Kier alpha value is -2.56. The number of ether oxygens (including phenoxy) is 1. The van der Waals surface area contributed by atoms with Crippen LogP contribution in [0.3, 0.4) is 0 Å². The van der Waals surface area contributed by atoms with Crippen LogP contribution in [0, 0.1) is 24.0 Å². The van der Waals surface area contributed by atoms with Crippen molar-refractivity contribution in [1.82, 2.24) is 0 Å². The summed E-state index contributed by atoms with van der Waals surface area (Å²) in [6.45, 7) is 4.36. The second kappa shape index (κ2) is 6.26. The molecule has 0 aromatic heterocycles. The second-order valence-corrected chi connectivity index (χ2v) is 4.89. The minimum Gasteiger partial charge on any atom is -0.489 e. The zero-order valence-corrected chi connectivity index (χ0v) is 12.3. The van der Waals surface area contributed by atoms with Crippen LogP contribution in [0.4, 0.5) is 11.4 Å². The number of hydrogen-bond acceptors (Lipinski definition) is 4. The molecule has 0 heterocycles. The molecule has 0 fully saturated rings. The first kappa shape index (κ1) is 14.8. The van der Waals surface area contributed by atoms with E-state index in [1.165, 1.54) is 11.6 Å². The molecule has 1 N–H and O–H groups in total. The van der Waals surface area contributed by atoms with Crippen LogP contribution >= 0.6 is 0 Å². The van der Waals surface area contributed by atoms with Crippen LogP contribution in [0.2, 0.25) is 0 Å². The van der Waals surface area contributed by atoms with Gasteiger partial charge in [0.2, 0.25) is 0 Å². The van der Waals surface area contributed by atoms with Crippen molar-refractivity contribution in [3.8, 4) is 5.75 Å². The van der Waals surface area contributed by atoms with Crippen LogP contribution in [0.5, 0.6) is 5.75 Å². The molecule has 0 unspecified atom stereocenters. The van der Waals surface area contributed by atoms with Crippen LogP contribution < -0.4 is 10.1 Å². The summed E-state index contributed by atoms with van der Waals surface area (Å²) in [6.07, 6.45) is 0. The molecule has 0 spiro atoms. The highest BCUT2D eigenvalue weighted by Crippen LogP contribution is 2.26. The highest BCUT2D eigenvalue weighted by Gasteiger charge is 2.13. The Morgan fingerprint density at radius 1 is 1.14 bits per heavy atom. The average molecular weight is 286 g/mol. The molecule has 21 heavy (non-hydrogen) atoms. The Kier molecular flexibility index (Phi) is 4.42. The van der Waals surface area contributed by atoms with E-state index in [9.17, 15) is 10.1 Å². The molecule has 5 nitrogen and oxygen atoms in total. The van der Waals surface area contributed by atoms with Gasteiger partial charge in [-0.2, -0.15) is 0 Å². The van der Waals surface area contributed by atoms with Crippen molar-refractivity contribution >= 4 is 11.4 Å². The van der Waals surface area contributed by atoms with Crippen LogP contribution in [0.1, 0.15) is 16.7 Å². The summed E-state index contributed by atoms with van der Waals surface area (Å²) in [5, 5.41) is 13.8. The molecule has 0 aliphatic heterocycles. The molecule has 0 aliphatic carbocycles. The van der Waals surface area contributed by atoms with Crippen molar-refractivity contribution in [3.63, 3.8) is 0 Å². The van der Waals surface area contributed by atoms with Gasteiger partial charge in [-0.05, 0) is 48.7 Å². The van der Waals surface area contributed by atoms with Gasteiger partial charge in [-0.25, -0.2) is 0 Å². The van der Waals surface area contributed by atoms with Crippen LogP contribution in [0.25, 0.3) is 0 Å². The van der Waals surface area contributed by atoms with Gasteiger partial charge in [-0.1, -0.05) is 12.1 Å². The van der Waals surface area contributed by atoms with Gasteiger partial charge in [-0.3, -0.25) is 10.1 Å². The van der Waals surface area contributed by atoms with Crippen LogP contribution in [0.15, 0.2) is 36.4 Å². The molecule has 0 saturated carbocycles. The Balaban J connectivity index is 2.14. The maximum atomic E-state index is 11.0. The molecule has 2 aromatic rings. The van der Waals surface area contributed by atoms with E-state index in [0.717, 1.165) is 16.9 Å². The topological polar surface area (TPSA) is 64.4 Å². The second-order valence-electron chi connectivity index (χ2n) is 4.89. The Morgan fingerprint density at radius 3 is 2.52 bits per heavy atom. The molecule has 0 bridgehead atoms. The molecule has 110 valence electrons. The Morgan fingerprint density at radius 2 is 1.90 bits per heavy atom. The lowest BCUT2D eigenvalue weighted by atomic mass is 10.1. The average Bonchev–Trinajstić information content (AvgIpc) is 2.48. The smallest absolute Gasteiger partial charge is 0.292 e. The van der Waals surface area contributed by atoms with E-state index in [-0.39, 0.29) is 5.69 Å². The number of benzene rings is 2. The molecule has 5 heteroatoms. The Bertz CT molecular complexity index is 669. The predicted molar refractivity (Wildman–Crippen MR) is 82.9 cm³/mol. The third-order valence-electron chi connectivity index (χ3n) is 3.41. The third-order valence-corrected chi connectivity index (χ3v) is 3.41. The van der Waals surface area contributed by atoms with Gasteiger partial charge in [0.25, 0.3) is 5.69 Å². The maximum absolute atomic E-state index is 11.0. The van der Waals surface area contributed by atoms with E-state index in [1.807, 2.05) is 38.1 Å². The molecular formula is C16H18N2O3. The van der Waals surface area contributed by atoms with Gasteiger partial charge in [0.1, 0.15) is 18.0 Å². The van der Waals surface area contributed by atoms with E-state index in [0.29, 0.717) is 12.3 Å². The SMILES string of the molecule is CNc1ccc(COc2ccc(C)c(C)c2)cc1[N+](=O)[O-]. The predicted octanol–water partition coefficient (Wildman–Crippen LogP) is 3.83. The van der Waals surface area contributed by atoms with Gasteiger partial charge in [0.05, 0.1) is 4.92 Å². The summed E-state index contributed by atoms with van der Waals surface area (Å²) in [7, 11) is 1.66. The third kappa shape index (κ3) is 3.51. The number of anilines is 1. The van der Waals surface area contributed by atoms with Gasteiger partial charge < -0.3 is 10.1 Å². The lowest BCUT2D eigenvalue weighted by Crippen LogP contribution is -2.00. The first-order chi connectivity index (χ1) is 10.0. The molecule has 0 aliphatic rings. The molecule has 2 rings (SSSR count). The molecule has 0 amide bonds. The highest BCUT2D eigenvalue weighted by atomic mass is 16.6. The lowest BCUT2D eigenvalue weighted by molar-refractivity contribution is -0.384. The monoisotopic (exact) mass is 286 g/mol. The van der Waals surface area contributed by atoms with Crippen molar-refractivity contribution in [1.29, 1.82) is 0 Å². The fourth-order valence-corrected chi connectivity index (χ4v) is 2.00. The zero-order valence-electron chi connectivity index (χ0n) is 12.3. The summed E-state index contributed by atoms with van der Waals surface area (Å²) >= 11 is 0. The first-order valence-corrected chi connectivity index (χ1v) is 6.66. The lowest BCUT2D eigenvalue weighted by Gasteiger charge is -2.09. The van der Waals surface area contributed by atoms with Gasteiger partial charge in [-0.15, -0.1) is 0 Å². The van der Waals surface area contributed by atoms with Crippen molar-refractivity contribution < 1.29 is 9.66 Å². The Labute approximate surface area is 123 Å². The normalized spacial score (nSPS) is 10.2. The quantitative estimate of drug-likeness (QED) is 0.670. The molecule has 2 aromatic carbocycles. The summed E-state index contributed by atoms with van der Waals surface area (Å²) in [4.78, 5) is 10.6. The van der Waals surface area contributed by atoms with Gasteiger partial charge in [0.15, 0.2) is 0 Å². The number of nitrogens with zero attached hydrogens (tertiary/aromatic N) is 1. The summed E-state index contributed by atoms with van der Waals surface area (Å²) < 4.78 is 5.69. The van der Waals surface area contributed by atoms with Crippen molar-refractivity contribution in [2.45, 2.75) is 20.5 Å². The number of nitro groups is 1. The minimum atomic E-state index is -0.397. The van der Waals surface area contributed by atoms with Gasteiger partial charge in [0, 0.05) is 13.1 Å². The zero-order chi connectivity index (χ0) is 15.4. The number of rotatable bonds is 5. The van der Waals surface area contributed by atoms with E-state index in [1.54, 1.807) is 13.1 Å². The number of hydrogen-bond donors (Lipinski definition) is 1. The van der Waals surface area contributed by atoms with Crippen LogP contribution in [-0.4, -0.2) is 12.0 Å².